The molecule has 0 atom stereocenters. The molecule has 2 aromatic carbocycles. The molecule has 2 aliphatic heterocycles. The summed E-state index contributed by atoms with van der Waals surface area (Å²) in [5, 5.41) is 2.85. The van der Waals surface area contributed by atoms with Crippen molar-refractivity contribution in [3.63, 3.8) is 0 Å². The van der Waals surface area contributed by atoms with Crippen molar-refractivity contribution < 1.29 is 22.8 Å². The fraction of sp³-hybridized carbons (Fsp3) is 0.323. The van der Waals surface area contributed by atoms with Gasteiger partial charge in [-0.3, -0.25) is 19.1 Å². The summed E-state index contributed by atoms with van der Waals surface area (Å²) in [5.74, 6) is -0.223. The topological polar surface area (TPSA) is 132 Å². The average Bonchev–Trinajstić information content (AvgIpc) is 3.49. The lowest BCUT2D eigenvalue weighted by molar-refractivity contribution is -0.132. The molecule has 2 amide bonds. The van der Waals surface area contributed by atoms with Crippen LogP contribution in [0.4, 0.5) is 11.4 Å². The Morgan fingerprint density at radius 3 is 2.55 bits per heavy atom. The number of nitrogens with zero attached hydrogens (tertiary/aromatic N) is 2. The van der Waals surface area contributed by atoms with Gasteiger partial charge in [0.1, 0.15) is 0 Å². The zero-order chi connectivity index (χ0) is 29.4. The van der Waals surface area contributed by atoms with Crippen LogP contribution in [-0.4, -0.2) is 74.0 Å². The van der Waals surface area contributed by atoms with E-state index >= 15 is 0 Å². The van der Waals surface area contributed by atoms with Crippen LogP contribution < -0.4 is 10.0 Å². The first-order valence-corrected chi connectivity index (χ1v) is 15.7. The molecule has 218 valence electrons. The molecular formula is C31H33N5O5S. The summed E-state index contributed by atoms with van der Waals surface area (Å²) in [7, 11) is -1.78. The molecule has 42 heavy (non-hydrogen) atoms. The number of nitrogens with one attached hydrogen (secondary N) is 3. The maximum absolute atomic E-state index is 13.1. The predicted molar refractivity (Wildman–Crippen MR) is 161 cm³/mol. The summed E-state index contributed by atoms with van der Waals surface area (Å²) < 4.78 is 28.4. The zero-order valence-corrected chi connectivity index (χ0v) is 24.2. The standard InChI is InChI=1S/C31H33N5O5S/c1-35-14-16-36(17-15-35)29(38)13-11-22-27(32-26-8-5-9-28(37)30(22)26)19-24-23-18-20(10-12-25(23)33-31(24)39)34-42(40,41)21-6-3-2-4-7-21/h2-4,6-7,10,12,18-19,32,34H,5,8-9,11,13-17H2,1H3,(H,33,39)/b24-19-. The van der Waals surface area contributed by atoms with Crippen molar-refractivity contribution >= 4 is 50.6 Å². The Morgan fingerprint density at radius 1 is 1.02 bits per heavy atom. The predicted octanol–water partition coefficient (Wildman–Crippen LogP) is 3.53. The largest absolute Gasteiger partial charge is 0.358 e. The zero-order valence-electron chi connectivity index (χ0n) is 23.4. The summed E-state index contributed by atoms with van der Waals surface area (Å²) in [5.41, 5.74) is 4.65. The molecule has 1 aromatic heterocycles. The third kappa shape index (κ3) is 5.49. The third-order valence-corrected chi connectivity index (χ3v) is 9.56. The number of amides is 2. The second kappa shape index (κ2) is 11.2. The van der Waals surface area contributed by atoms with E-state index in [0.717, 1.165) is 37.2 Å². The Labute approximate surface area is 244 Å². The van der Waals surface area contributed by atoms with Crippen LogP contribution in [0.1, 0.15) is 52.1 Å². The first-order chi connectivity index (χ1) is 20.2. The number of carbonyl (C=O) groups excluding carboxylic acids is 3. The number of likely N-dealkylation sites (N-methyl/N-ethyl adjacent to an activating group) is 1. The van der Waals surface area contributed by atoms with Crippen molar-refractivity contribution in [3.05, 3.63) is 76.6 Å². The van der Waals surface area contributed by atoms with Crippen LogP contribution in [-0.2, 0) is 32.5 Å². The van der Waals surface area contributed by atoms with Gasteiger partial charge in [-0.05, 0) is 68.3 Å². The first-order valence-electron chi connectivity index (χ1n) is 14.2. The van der Waals surface area contributed by atoms with Crippen molar-refractivity contribution in [1.29, 1.82) is 0 Å². The van der Waals surface area contributed by atoms with E-state index in [9.17, 15) is 22.8 Å². The van der Waals surface area contributed by atoms with E-state index < -0.39 is 10.0 Å². The number of H-pyrrole nitrogens is 1. The van der Waals surface area contributed by atoms with Gasteiger partial charge in [0, 0.05) is 72.9 Å². The molecule has 0 saturated carbocycles. The van der Waals surface area contributed by atoms with Crippen LogP contribution >= 0.6 is 0 Å². The number of sulfonamides is 1. The van der Waals surface area contributed by atoms with E-state index in [1.165, 1.54) is 12.1 Å². The lowest BCUT2D eigenvalue weighted by atomic mass is 9.91. The van der Waals surface area contributed by atoms with E-state index in [4.69, 9.17) is 0 Å². The summed E-state index contributed by atoms with van der Waals surface area (Å²) in [6, 6.07) is 13.0. The number of aromatic nitrogens is 1. The molecule has 3 heterocycles. The molecule has 1 saturated heterocycles. The van der Waals surface area contributed by atoms with Gasteiger partial charge in [0.15, 0.2) is 5.78 Å². The van der Waals surface area contributed by atoms with E-state index in [0.29, 0.717) is 59.7 Å². The molecule has 0 unspecified atom stereocenters. The molecule has 0 radical (unpaired) electrons. The molecule has 0 bridgehead atoms. The first kappa shape index (κ1) is 27.9. The fourth-order valence-electron chi connectivity index (χ4n) is 5.87. The number of piperazine rings is 1. The van der Waals surface area contributed by atoms with Gasteiger partial charge < -0.3 is 20.1 Å². The van der Waals surface area contributed by atoms with Crippen LogP contribution in [0.5, 0.6) is 0 Å². The number of aryl methyl sites for hydroxylation is 1. The minimum absolute atomic E-state index is 0.0491. The van der Waals surface area contributed by atoms with Crippen molar-refractivity contribution in [2.75, 3.05) is 43.3 Å². The number of benzene rings is 2. The lowest BCUT2D eigenvalue weighted by Gasteiger charge is -2.32. The van der Waals surface area contributed by atoms with E-state index in [2.05, 4.69) is 19.9 Å². The van der Waals surface area contributed by atoms with Crippen LogP contribution in [0.3, 0.4) is 0 Å². The fourth-order valence-corrected chi connectivity index (χ4v) is 6.94. The maximum atomic E-state index is 13.1. The number of Topliss-reactive ketones (excluding diaryl/α,β-unsaturated/α-hetero) is 1. The molecule has 11 heteroatoms. The van der Waals surface area contributed by atoms with E-state index in [1.807, 2.05) is 11.9 Å². The molecule has 1 aliphatic carbocycles. The average molecular weight is 588 g/mol. The monoisotopic (exact) mass is 587 g/mol. The van der Waals surface area contributed by atoms with Gasteiger partial charge >= 0.3 is 0 Å². The van der Waals surface area contributed by atoms with Crippen LogP contribution in [0.15, 0.2) is 53.4 Å². The van der Waals surface area contributed by atoms with Gasteiger partial charge in [0.2, 0.25) is 5.91 Å². The van der Waals surface area contributed by atoms with Gasteiger partial charge in [-0.25, -0.2) is 8.42 Å². The Balaban J connectivity index is 1.31. The van der Waals surface area contributed by atoms with Gasteiger partial charge in [-0.15, -0.1) is 0 Å². The van der Waals surface area contributed by atoms with Crippen LogP contribution in [0.2, 0.25) is 0 Å². The lowest BCUT2D eigenvalue weighted by Crippen LogP contribution is -2.47. The highest BCUT2D eigenvalue weighted by atomic mass is 32.2. The smallest absolute Gasteiger partial charge is 0.261 e. The van der Waals surface area contributed by atoms with Crippen LogP contribution in [0.25, 0.3) is 11.6 Å². The van der Waals surface area contributed by atoms with Crippen molar-refractivity contribution in [3.8, 4) is 0 Å². The molecular weight excluding hydrogens is 554 g/mol. The number of carbonyl (C=O) groups is 3. The molecule has 0 spiro atoms. The van der Waals surface area contributed by atoms with Gasteiger partial charge in [-0.2, -0.15) is 0 Å². The highest BCUT2D eigenvalue weighted by molar-refractivity contribution is 7.92. The SMILES string of the molecule is CN1CCN(C(=O)CCc2c(/C=C3\C(=O)Nc4ccc(NS(=O)(=O)c5ccccc5)cc43)[nH]c3c2C(=O)CCC3)CC1. The van der Waals surface area contributed by atoms with Crippen LogP contribution in [0, 0.1) is 0 Å². The third-order valence-electron chi connectivity index (χ3n) is 8.17. The molecule has 1 fully saturated rings. The quantitative estimate of drug-likeness (QED) is 0.363. The number of rotatable bonds is 7. The molecule has 3 aliphatic rings. The summed E-state index contributed by atoms with van der Waals surface area (Å²) >= 11 is 0. The normalized spacial score (nSPS) is 18.1. The number of anilines is 2. The Kier molecular flexibility index (Phi) is 7.46. The summed E-state index contributed by atoms with van der Waals surface area (Å²) in [4.78, 5) is 46.7. The summed E-state index contributed by atoms with van der Waals surface area (Å²) in [6.07, 6.45) is 4.29. The van der Waals surface area contributed by atoms with E-state index in [-0.39, 0.29) is 28.9 Å². The maximum Gasteiger partial charge on any atom is 0.261 e. The second-order valence-electron chi connectivity index (χ2n) is 11.0. The highest BCUT2D eigenvalue weighted by Gasteiger charge is 2.30. The van der Waals surface area contributed by atoms with Gasteiger partial charge in [-0.1, -0.05) is 18.2 Å². The highest BCUT2D eigenvalue weighted by Crippen LogP contribution is 2.37. The number of aromatic amines is 1. The molecule has 10 nitrogen and oxygen atoms in total. The minimum atomic E-state index is -3.82. The number of ketones is 1. The van der Waals surface area contributed by atoms with E-state index in [1.54, 1.807) is 42.5 Å². The molecule has 3 aromatic rings. The Bertz CT molecular complexity index is 1700. The number of fused-ring (bicyclic) bond motifs is 2. The van der Waals surface area contributed by atoms with Crippen molar-refractivity contribution in [2.24, 2.45) is 0 Å². The van der Waals surface area contributed by atoms with Gasteiger partial charge in [0.05, 0.1) is 10.5 Å². The Hall–Kier alpha value is -4.22. The van der Waals surface area contributed by atoms with Gasteiger partial charge in [0.25, 0.3) is 15.9 Å². The Morgan fingerprint density at radius 2 is 1.79 bits per heavy atom. The summed E-state index contributed by atoms with van der Waals surface area (Å²) in [6.45, 7) is 3.03. The molecule has 3 N–H and O–H groups in total. The number of hydrogen-bond acceptors (Lipinski definition) is 6. The number of hydrogen-bond donors (Lipinski definition) is 3. The second-order valence-corrected chi connectivity index (χ2v) is 12.7. The minimum Gasteiger partial charge on any atom is -0.358 e. The molecule has 6 rings (SSSR count). The van der Waals surface area contributed by atoms with Crippen molar-refractivity contribution in [1.82, 2.24) is 14.8 Å². The van der Waals surface area contributed by atoms with Crippen molar-refractivity contribution in [2.45, 2.75) is 37.0 Å².